The van der Waals surface area contributed by atoms with Crippen LogP contribution in [0.25, 0.3) is 6.08 Å². The van der Waals surface area contributed by atoms with Crippen LogP contribution in [-0.2, 0) is 22.7 Å². The number of hydrogen-bond donors (Lipinski definition) is 0. The Bertz CT molecular complexity index is 936. The minimum absolute atomic E-state index is 0.0339. The molecule has 0 fully saturated rings. The molecule has 1 aromatic heterocycles. The molecular formula is C22H23N3O2. The molecule has 0 radical (unpaired) electrons. The number of aryl methyl sites for hydroxylation is 1. The lowest BCUT2D eigenvalue weighted by molar-refractivity contribution is -0.139. The van der Waals surface area contributed by atoms with Gasteiger partial charge in [0.25, 0.3) is 0 Å². The lowest BCUT2D eigenvalue weighted by Gasteiger charge is -2.12. The van der Waals surface area contributed by atoms with E-state index in [2.05, 4.69) is 18.4 Å². The SMILES string of the molecule is Cc1cc(/C=C(\C#N)C(=O)OCc2ccc(C#N)cc2)c(C)n1CC(C)C. The fourth-order valence-electron chi connectivity index (χ4n) is 2.81. The van der Waals surface area contributed by atoms with Crippen LogP contribution in [0, 0.1) is 42.4 Å². The molecule has 27 heavy (non-hydrogen) atoms. The van der Waals surface area contributed by atoms with Gasteiger partial charge in [0.05, 0.1) is 11.6 Å². The zero-order chi connectivity index (χ0) is 20.0. The van der Waals surface area contributed by atoms with Gasteiger partial charge in [-0.15, -0.1) is 0 Å². The van der Waals surface area contributed by atoms with Gasteiger partial charge in [0.1, 0.15) is 18.2 Å². The Hall–Kier alpha value is -3.31. The van der Waals surface area contributed by atoms with E-state index in [1.807, 2.05) is 32.1 Å². The highest BCUT2D eigenvalue weighted by Crippen LogP contribution is 2.20. The van der Waals surface area contributed by atoms with Crippen LogP contribution in [0.5, 0.6) is 0 Å². The Morgan fingerprint density at radius 2 is 1.89 bits per heavy atom. The lowest BCUT2D eigenvalue weighted by atomic mass is 10.1. The third kappa shape index (κ3) is 5.09. The molecule has 2 rings (SSSR count). The molecule has 0 aliphatic carbocycles. The third-order valence-electron chi connectivity index (χ3n) is 4.25. The van der Waals surface area contributed by atoms with Crippen LogP contribution in [0.3, 0.4) is 0 Å². The molecule has 1 aromatic carbocycles. The van der Waals surface area contributed by atoms with Crippen LogP contribution in [0.1, 0.15) is 41.9 Å². The van der Waals surface area contributed by atoms with Gasteiger partial charge in [0.15, 0.2) is 0 Å². The van der Waals surface area contributed by atoms with Gasteiger partial charge in [0, 0.05) is 17.9 Å². The molecule has 138 valence electrons. The average molecular weight is 361 g/mol. The van der Waals surface area contributed by atoms with Crippen LogP contribution in [0.4, 0.5) is 0 Å². The van der Waals surface area contributed by atoms with E-state index >= 15 is 0 Å². The Morgan fingerprint density at radius 1 is 1.22 bits per heavy atom. The van der Waals surface area contributed by atoms with Crippen LogP contribution in [-0.4, -0.2) is 10.5 Å². The first-order valence-corrected chi connectivity index (χ1v) is 8.80. The highest BCUT2D eigenvalue weighted by molar-refractivity contribution is 5.98. The maximum absolute atomic E-state index is 12.3. The average Bonchev–Trinajstić information content (AvgIpc) is 2.91. The maximum atomic E-state index is 12.3. The molecule has 0 atom stereocenters. The molecule has 0 N–H and O–H groups in total. The first-order chi connectivity index (χ1) is 12.8. The molecule has 0 saturated carbocycles. The molecular weight excluding hydrogens is 338 g/mol. The predicted molar refractivity (Wildman–Crippen MR) is 103 cm³/mol. The summed E-state index contributed by atoms with van der Waals surface area (Å²) in [6, 6.07) is 12.7. The quantitative estimate of drug-likeness (QED) is 0.437. The number of esters is 1. The van der Waals surface area contributed by atoms with Crippen LogP contribution in [0.15, 0.2) is 35.9 Å². The summed E-state index contributed by atoms with van der Waals surface area (Å²) in [7, 11) is 0. The number of ether oxygens (including phenoxy) is 1. The number of benzene rings is 1. The summed E-state index contributed by atoms with van der Waals surface area (Å²) in [5.74, 6) is -0.157. The van der Waals surface area contributed by atoms with Crippen molar-refractivity contribution in [2.45, 2.75) is 40.8 Å². The number of carbonyl (C=O) groups is 1. The second-order valence-corrected chi connectivity index (χ2v) is 6.89. The van der Waals surface area contributed by atoms with Gasteiger partial charge < -0.3 is 9.30 Å². The van der Waals surface area contributed by atoms with Crippen molar-refractivity contribution in [3.63, 3.8) is 0 Å². The normalized spacial score (nSPS) is 11.1. The Kier molecular flexibility index (Phi) is 6.57. The molecule has 0 saturated heterocycles. The van der Waals surface area contributed by atoms with Crippen LogP contribution in [0.2, 0.25) is 0 Å². The summed E-state index contributed by atoms with van der Waals surface area (Å²) < 4.78 is 7.44. The zero-order valence-electron chi connectivity index (χ0n) is 16.1. The molecule has 5 heteroatoms. The minimum Gasteiger partial charge on any atom is -0.457 e. The first-order valence-electron chi connectivity index (χ1n) is 8.80. The number of hydrogen-bond acceptors (Lipinski definition) is 4. The molecule has 0 aliphatic heterocycles. The Morgan fingerprint density at radius 3 is 2.44 bits per heavy atom. The molecule has 0 amide bonds. The van der Waals surface area contributed by atoms with Crippen molar-refractivity contribution in [3.05, 3.63) is 64.0 Å². The third-order valence-corrected chi connectivity index (χ3v) is 4.25. The van der Waals surface area contributed by atoms with Gasteiger partial charge >= 0.3 is 5.97 Å². The molecule has 1 heterocycles. The largest absolute Gasteiger partial charge is 0.457 e. The number of aromatic nitrogens is 1. The van der Waals surface area contributed by atoms with E-state index in [9.17, 15) is 10.1 Å². The lowest BCUT2D eigenvalue weighted by Crippen LogP contribution is -2.08. The maximum Gasteiger partial charge on any atom is 0.349 e. The Labute approximate surface area is 160 Å². The number of rotatable bonds is 6. The van der Waals surface area contributed by atoms with Crippen molar-refractivity contribution >= 4 is 12.0 Å². The fourth-order valence-corrected chi connectivity index (χ4v) is 2.81. The van der Waals surface area contributed by atoms with Gasteiger partial charge in [-0.05, 0) is 55.2 Å². The van der Waals surface area contributed by atoms with Crippen molar-refractivity contribution < 1.29 is 9.53 Å². The fraction of sp³-hybridized carbons (Fsp3) is 0.318. The molecule has 0 bridgehead atoms. The van der Waals surface area contributed by atoms with Crippen molar-refractivity contribution in [1.29, 1.82) is 10.5 Å². The Balaban J connectivity index is 2.14. The number of nitrogens with zero attached hydrogens (tertiary/aromatic N) is 3. The molecule has 0 unspecified atom stereocenters. The summed E-state index contributed by atoms with van der Waals surface area (Å²) >= 11 is 0. The number of nitriles is 2. The van der Waals surface area contributed by atoms with Gasteiger partial charge in [-0.3, -0.25) is 0 Å². The van der Waals surface area contributed by atoms with Crippen LogP contribution < -0.4 is 0 Å². The van der Waals surface area contributed by atoms with Gasteiger partial charge in [0.2, 0.25) is 0 Å². The monoisotopic (exact) mass is 361 g/mol. The smallest absolute Gasteiger partial charge is 0.349 e. The predicted octanol–water partition coefficient (Wildman–Crippen LogP) is 4.28. The number of carbonyl (C=O) groups excluding carboxylic acids is 1. The van der Waals surface area contributed by atoms with E-state index in [-0.39, 0.29) is 12.2 Å². The molecule has 0 spiro atoms. The van der Waals surface area contributed by atoms with Crippen molar-refractivity contribution in [3.8, 4) is 12.1 Å². The highest BCUT2D eigenvalue weighted by Gasteiger charge is 2.14. The summed E-state index contributed by atoms with van der Waals surface area (Å²) in [6.07, 6.45) is 1.58. The van der Waals surface area contributed by atoms with E-state index < -0.39 is 5.97 Å². The van der Waals surface area contributed by atoms with Crippen molar-refractivity contribution in [1.82, 2.24) is 4.57 Å². The molecule has 2 aromatic rings. The minimum atomic E-state index is -0.657. The summed E-state index contributed by atoms with van der Waals surface area (Å²) in [5, 5.41) is 18.2. The van der Waals surface area contributed by atoms with E-state index in [1.54, 1.807) is 30.3 Å². The molecule has 0 aliphatic rings. The first kappa shape index (κ1) is 20.0. The van der Waals surface area contributed by atoms with Gasteiger partial charge in [-0.2, -0.15) is 10.5 Å². The topological polar surface area (TPSA) is 78.8 Å². The zero-order valence-corrected chi connectivity index (χ0v) is 16.1. The highest BCUT2D eigenvalue weighted by atomic mass is 16.5. The van der Waals surface area contributed by atoms with Gasteiger partial charge in [-0.25, -0.2) is 4.79 Å². The molecule has 5 nitrogen and oxygen atoms in total. The van der Waals surface area contributed by atoms with E-state index in [4.69, 9.17) is 10.00 Å². The van der Waals surface area contributed by atoms with Crippen LogP contribution >= 0.6 is 0 Å². The second-order valence-electron chi connectivity index (χ2n) is 6.89. The summed E-state index contributed by atoms with van der Waals surface area (Å²) in [5.41, 5.74) is 4.23. The standard InChI is InChI=1S/C22H23N3O2/c1-15(2)13-25-16(3)9-20(17(25)4)10-21(12-24)22(26)27-14-19-7-5-18(11-23)6-8-19/h5-10,15H,13-14H2,1-4H3/b21-10+. The van der Waals surface area contributed by atoms with E-state index in [0.717, 1.165) is 29.1 Å². The van der Waals surface area contributed by atoms with Gasteiger partial charge in [-0.1, -0.05) is 26.0 Å². The van der Waals surface area contributed by atoms with Crippen molar-refractivity contribution in [2.75, 3.05) is 0 Å². The van der Waals surface area contributed by atoms with E-state index in [0.29, 0.717) is 11.5 Å². The van der Waals surface area contributed by atoms with Crippen molar-refractivity contribution in [2.24, 2.45) is 5.92 Å². The van der Waals surface area contributed by atoms with E-state index in [1.165, 1.54) is 0 Å². The second kappa shape index (κ2) is 8.87. The summed E-state index contributed by atoms with van der Waals surface area (Å²) in [6.45, 7) is 9.23. The summed E-state index contributed by atoms with van der Waals surface area (Å²) in [4.78, 5) is 12.3.